The minimum Gasteiger partial charge on any atom is -0.388 e. The summed E-state index contributed by atoms with van der Waals surface area (Å²) >= 11 is 0. The Labute approximate surface area is 376 Å². The highest BCUT2D eigenvalue weighted by Gasteiger charge is 2.36. The van der Waals surface area contributed by atoms with Gasteiger partial charge >= 0.3 is 0 Å². The van der Waals surface area contributed by atoms with Crippen LogP contribution in [0.3, 0.4) is 0 Å². The first-order valence-electron chi connectivity index (χ1n) is 22.6. The van der Waals surface area contributed by atoms with Crippen LogP contribution in [0.5, 0.6) is 0 Å². The van der Waals surface area contributed by atoms with E-state index in [1.165, 1.54) is 17.0 Å². The molecule has 16 heteroatoms. The molecule has 1 heterocycles. The number of carbonyl (C=O) groups is 6. The molecular formula is C48H63N7O8S. The number of unbranched alkanes of at least 4 members (excludes halogenated alkanes) is 5. The van der Waals surface area contributed by atoms with Crippen LogP contribution in [0.25, 0.3) is 0 Å². The van der Waals surface area contributed by atoms with Crippen LogP contribution in [-0.2, 0) is 35.6 Å². The molecule has 0 saturated heterocycles. The molecule has 1 saturated carbocycles. The first-order valence-corrected chi connectivity index (χ1v) is 24.1. The van der Waals surface area contributed by atoms with E-state index in [9.17, 15) is 37.2 Å². The number of fused-ring (bicyclic) bond motifs is 1. The quantitative estimate of drug-likeness (QED) is 0.0231. The number of Topliss-reactive ketones (excluding diaryl/α,β-unsaturated/α-hetero) is 1. The average molecular weight is 898 g/mol. The van der Waals surface area contributed by atoms with Crippen molar-refractivity contribution in [2.45, 2.75) is 114 Å². The first-order chi connectivity index (χ1) is 30.9. The Bertz CT molecular complexity index is 2160. The molecule has 5 rings (SSSR count). The van der Waals surface area contributed by atoms with Gasteiger partial charge in [0, 0.05) is 38.5 Å². The predicted octanol–water partition coefficient (Wildman–Crippen LogP) is 4.85. The third kappa shape index (κ3) is 14.7. The summed E-state index contributed by atoms with van der Waals surface area (Å²) in [7, 11) is -3.83. The number of sulfonamides is 1. The Morgan fingerprint density at radius 1 is 0.719 bits per heavy atom. The molecule has 1 fully saturated rings. The summed E-state index contributed by atoms with van der Waals surface area (Å²) in [6.45, 7) is 2.03. The second-order valence-electron chi connectivity index (χ2n) is 16.7. The maximum absolute atomic E-state index is 14.2. The van der Waals surface area contributed by atoms with Gasteiger partial charge in [-0.3, -0.25) is 38.7 Å². The molecule has 1 aliphatic carbocycles. The van der Waals surface area contributed by atoms with Gasteiger partial charge in [0.25, 0.3) is 17.7 Å². The summed E-state index contributed by atoms with van der Waals surface area (Å²) < 4.78 is 27.6. The van der Waals surface area contributed by atoms with Gasteiger partial charge in [-0.1, -0.05) is 106 Å². The number of aliphatic imine (C=N–C) groups is 1. The Hall–Kier alpha value is -5.74. The van der Waals surface area contributed by atoms with Gasteiger partial charge in [0.05, 0.1) is 21.9 Å². The van der Waals surface area contributed by atoms with Crippen molar-refractivity contribution in [1.82, 2.24) is 25.6 Å². The van der Waals surface area contributed by atoms with Gasteiger partial charge in [0.2, 0.25) is 27.6 Å². The molecular weight excluding hydrogens is 835 g/mol. The van der Waals surface area contributed by atoms with Gasteiger partial charge in [-0.2, -0.15) is 0 Å². The number of amides is 5. The molecule has 3 aromatic carbocycles. The number of nitrogens with two attached hydrogens (primary N) is 1. The van der Waals surface area contributed by atoms with Crippen LogP contribution in [0.1, 0.15) is 117 Å². The number of ketones is 1. The molecule has 344 valence electrons. The fourth-order valence-electron chi connectivity index (χ4n) is 8.44. The SMILES string of the molecule is CC(N)=NCCCC(NC(=O)C(CCCCCCCCN1C(=O)c2ccccc2C1=O)C1CCCC1)C(=O)NC(Cc1ccccc1)C(=O)C(=O)NCCNS(=O)(=O)c1ccccc1. The summed E-state index contributed by atoms with van der Waals surface area (Å²) in [6, 6.07) is 21.3. The van der Waals surface area contributed by atoms with E-state index in [1.54, 1.807) is 73.7 Å². The molecule has 15 nitrogen and oxygen atoms in total. The van der Waals surface area contributed by atoms with Crippen molar-refractivity contribution in [3.05, 3.63) is 102 Å². The lowest BCUT2D eigenvalue weighted by Gasteiger charge is -2.27. The van der Waals surface area contributed by atoms with Crippen LogP contribution in [-0.4, -0.2) is 92.7 Å². The topological polar surface area (TPSA) is 226 Å². The smallest absolute Gasteiger partial charge is 0.289 e. The molecule has 64 heavy (non-hydrogen) atoms. The highest BCUT2D eigenvalue weighted by atomic mass is 32.2. The lowest BCUT2D eigenvalue weighted by atomic mass is 9.85. The van der Waals surface area contributed by atoms with E-state index in [0.717, 1.165) is 64.2 Å². The van der Waals surface area contributed by atoms with Crippen LogP contribution >= 0.6 is 0 Å². The molecule has 0 spiro atoms. The second kappa shape index (κ2) is 24.9. The Morgan fingerprint density at radius 2 is 1.30 bits per heavy atom. The molecule has 0 aromatic heterocycles. The lowest BCUT2D eigenvalue weighted by molar-refractivity contribution is -0.140. The van der Waals surface area contributed by atoms with Crippen molar-refractivity contribution >= 4 is 51.2 Å². The molecule has 1 aliphatic heterocycles. The van der Waals surface area contributed by atoms with E-state index in [-0.39, 0.29) is 60.4 Å². The van der Waals surface area contributed by atoms with Crippen molar-refractivity contribution in [2.24, 2.45) is 22.6 Å². The number of carbonyl (C=O) groups excluding carboxylic acids is 6. The van der Waals surface area contributed by atoms with Gasteiger partial charge in [-0.25, -0.2) is 13.1 Å². The monoisotopic (exact) mass is 897 g/mol. The Balaban J connectivity index is 1.16. The van der Waals surface area contributed by atoms with Gasteiger partial charge in [-0.15, -0.1) is 0 Å². The van der Waals surface area contributed by atoms with Crippen molar-refractivity contribution in [3.8, 4) is 0 Å². The van der Waals surface area contributed by atoms with E-state index in [0.29, 0.717) is 48.5 Å². The molecule has 5 amide bonds. The molecule has 2 aliphatic rings. The van der Waals surface area contributed by atoms with Gasteiger partial charge in [0.1, 0.15) is 12.1 Å². The average Bonchev–Trinajstić information content (AvgIpc) is 3.91. The van der Waals surface area contributed by atoms with Gasteiger partial charge < -0.3 is 21.7 Å². The highest BCUT2D eigenvalue weighted by Crippen LogP contribution is 2.35. The van der Waals surface area contributed by atoms with E-state index in [2.05, 4.69) is 25.7 Å². The lowest BCUT2D eigenvalue weighted by Crippen LogP contribution is -2.55. The van der Waals surface area contributed by atoms with Gasteiger partial charge in [0.15, 0.2) is 0 Å². The molecule has 6 N–H and O–H groups in total. The molecule has 0 bridgehead atoms. The predicted molar refractivity (Wildman–Crippen MR) is 245 cm³/mol. The van der Waals surface area contributed by atoms with E-state index < -0.39 is 39.7 Å². The van der Waals surface area contributed by atoms with Crippen LogP contribution in [0.2, 0.25) is 0 Å². The van der Waals surface area contributed by atoms with Crippen molar-refractivity contribution in [1.29, 1.82) is 0 Å². The maximum Gasteiger partial charge on any atom is 0.289 e. The number of hydrogen-bond donors (Lipinski definition) is 5. The van der Waals surface area contributed by atoms with E-state index >= 15 is 0 Å². The number of rotatable bonds is 27. The first kappa shape index (κ1) is 49.3. The van der Waals surface area contributed by atoms with Crippen molar-refractivity contribution in [2.75, 3.05) is 26.2 Å². The largest absolute Gasteiger partial charge is 0.388 e. The Morgan fingerprint density at radius 3 is 1.94 bits per heavy atom. The zero-order valence-electron chi connectivity index (χ0n) is 36.8. The number of nitrogens with zero attached hydrogens (tertiary/aromatic N) is 2. The summed E-state index contributed by atoms with van der Waals surface area (Å²) in [5, 5.41) is 8.28. The second-order valence-corrected chi connectivity index (χ2v) is 18.4. The number of hydrogen-bond acceptors (Lipinski definition) is 9. The molecule has 3 atom stereocenters. The summed E-state index contributed by atoms with van der Waals surface area (Å²) in [5.74, 6) is -2.92. The highest BCUT2D eigenvalue weighted by molar-refractivity contribution is 7.89. The molecule has 0 radical (unpaired) electrons. The van der Waals surface area contributed by atoms with Gasteiger partial charge in [-0.05, 0) is 81.2 Å². The fraction of sp³-hybridized carbons (Fsp3) is 0.479. The summed E-state index contributed by atoms with van der Waals surface area (Å²) in [4.78, 5) is 86.3. The van der Waals surface area contributed by atoms with Crippen molar-refractivity contribution in [3.63, 3.8) is 0 Å². The van der Waals surface area contributed by atoms with Crippen LogP contribution in [0, 0.1) is 11.8 Å². The number of amidine groups is 1. The summed E-state index contributed by atoms with van der Waals surface area (Å²) in [5.41, 5.74) is 7.38. The van der Waals surface area contributed by atoms with Crippen molar-refractivity contribution < 1.29 is 37.2 Å². The number of nitrogens with one attached hydrogen (secondary N) is 4. The minimum atomic E-state index is -3.83. The summed E-state index contributed by atoms with van der Waals surface area (Å²) in [6.07, 6.45) is 10.4. The van der Waals surface area contributed by atoms with E-state index in [4.69, 9.17) is 5.73 Å². The van der Waals surface area contributed by atoms with E-state index in [1.807, 2.05) is 6.07 Å². The van der Waals surface area contributed by atoms with Crippen LogP contribution in [0.15, 0.2) is 94.8 Å². The standard InChI is InChI=1S/C48H63N7O8S/c1-34(49)50-29-18-28-41(45(58)54-42(33-35-19-8-6-9-20-35)43(56)46(59)51-30-31-52-64(62,63)37-23-10-7-11-24-37)53-44(57)38(36-21-13-14-22-36)25-12-4-2-3-5-17-32-55-47(60)39-26-15-16-27-40(39)48(55)61/h6-11,15-16,19-20,23-24,26-27,36,38,41-42,52H,2-5,12-14,17-18,21-22,25,28-33H2,1H3,(H2,49,50)(H,51,59)(H,53,57)(H,54,58). The fourth-order valence-corrected chi connectivity index (χ4v) is 9.50. The number of benzene rings is 3. The third-order valence-corrected chi connectivity index (χ3v) is 13.3. The third-order valence-electron chi connectivity index (χ3n) is 11.9. The minimum absolute atomic E-state index is 0.00423. The Kier molecular flexibility index (Phi) is 19.2. The molecule has 3 aromatic rings. The van der Waals surface area contributed by atoms with Crippen LogP contribution in [0.4, 0.5) is 0 Å². The van der Waals surface area contributed by atoms with Crippen LogP contribution < -0.4 is 26.4 Å². The normalized spacial score (nSPS) is 15.6. The number of imide groups is 1. The zero-order valence-corrected chi connectivity index (χ0v) is 37.6. The molecule has 3 unspecified atom stereocenters. The zero-order chi connectivity index (χ0) is 45.9. The maximum atomic E-state index is 14.2.